The maximum absolute atomic E-state index is 13.3. The molecule has 3 amide bonds. The molecule has 0 saturated carbocycles. The molecule has 1 aromatic rings. The molecule has 1 N–H and O–H groups in total. The summed E-state index contributed by atoms with van der Waals surface area (Å²) in [6.45, 7) is 10.3. The van der Waals surface area contributed by atoms with Crippen molar-refractivity contribution in [2.45, 2.75) is 71.6 Å². The minimum atomic E-state index is -0.693. The molecule has 0 spiro atoms. The van der Waals surface area contributed by atoms with E-state index in [1.54, 1.807) is 49.8 Å². The second-order valence-corrected chi connectivity index (χ2v) is 9.88. The minimum Gasteiger partial charge on any atom is -0.444 e. The van der Waals surface area contributed by atoms with Crippen molar-refractivity contribution in [1.29, 1.82) is 0 Å². The standard InChI is InChI=1S/C21H33N5O4/c1-20(2,3)30-19(29)26-10-7-9-21(4,5)16(26)17(27)23-15-8-11-25(18(15)28)14-12-22-24(6)13-14/h12-13,15-16H,7-11H2,1-6H3,(H,23,27)/t15-,16-/m0/s1. The lowest BCUT2D eigenvalue weighted by molar-refractivity contribution is -0.135. The highest BCUT2D eigenvalue weighted by Crippen LogP contribution is 2.36. The largest absolute Gasteiger partial charge is 0.444 e. The molecule has 1 aromatic heterocycles. The number of amides is 3. The molecule has 9 nitrogen and oxygen atoms in total. The monoisotopic (exact) mass is 419 g/mol. The molecule has 0 aliphatic carbocycles. The van der Waals surface area contributed by atoms with Crippen LogP contribution in [0.2, 0.25) is 0 Å². The lowest BCUT2D eigenvalue weighted by Crippen LogP contribution is -2.61. The smallest absolute Gasteiger partial charge is 0.410 e. The van der Waals surface area contributed by atoms with Crippen LogP contribution in [0.1, 0.15) is 53.9 Å². The van der Waals surface area contributed by atoms with E-state index in [-0.39, 0.29) is 11.8 Å². The number of rotatable bonds is 3. The molecule has 166 valence electrons. The van der Waals surface area contributed by atoms with Gasteiger partial charge >= 0.3 is 6.09 Å². The van der Waals surface area contributed by atoms with Gasteiger partial charge in [-0.25, -0.2) is 4.79 Å². The van der Waals surface area contributed by atoms with Gasteiger partial charge in [0, 0.05) is 26.3 Å². The van der Waals surface area contributed by atoms with Gasteiger partial charge in [-0.2, -0.15) is 5.10 Å². The number of carbonyl (C=O) groups excluding carboxylic acids is 3. The summed E-state index contributed by atoms with van der Waals surface area (Å²) in [5, 5.41) is 7.01. The second kappa shape index (κ2) is 7.92. The van der Waals surface area contributed by atoms with Crippen LogP contribution >= 0.6 is 0 Å². The molecular weight excluding hydrogens is 386 g/mol. The van der Waals surface area contributed by atoms with Gasteiger partial charge in [0.05, 0.1) is 11.9 Å². The predicted molar refractivity (Wildman–Crippen MR) is 112 cm³/mol. The summed E-state index contributed by atoms with van der Waals surface area (Å²) in [6, 6.07) is -1.31. The number of piperidine rings is 1. The number of nitrogens with zero attached hydrogens (tertiary/aromatic N) is 4. The van der Waals surface area contributed by atoms with Crippen molar-refractivity contribution < 1.29 is 19.1 Å². The van der Waals surface area contributed by atoms with Gasteiger partial charge in [-0.15, -0.1) is 0 Å². The molecule has 0 radical (unpaired) electrons. The van der Waals surface area contributed by atoms with Crippen LogP contribution in [-0.2, 0) is 21.4 Å². The van der Waals surface area contributed by atoms with Crippen LogP contribution in [0, 0.1) is 5.41 Å². The highest BCUT2D eigenvalue weighted by molar-refractivity contribution is 6.02. The zero-order valence-electron chi connectivity index (χ0n) is 18.8. The average molecular weight is 420 g/mol. The quantitative estimate of drug-likeness (QED) is 0.809. The van der Waals surface area contributed by atoms with Crippen LogP contribution in [0.5, 0.6) is 0 Å². The lowest BCUT2D eigenvalue weighted by atomic mass is 9.76. The van der Waals surface area contributed by atoms with Gasteiger partial charge in [-0.05, 0) is 45.4 Å². The van der Waals surface area contributed by atoms with Gasteiger partial charge in [0.25, 0.3) is 0 Å². The number of aryl methyl sites for hydroxylation is 1. The zero-order valence-corrected chi connectivity index (χ0v) is 18.8. The van der Waals surface area contributed by atoms with Crippen LogP contribution in [0.3, 0.4) is 0 Å². The molecule has 2 aliphatic rings. The van der Waals surface area contributed by atoms with Gasteiger partial charge < -0.3 is 15.0 Å². The van der Waals surface area contributed by atoms with Crippen molar-refractivity contribution in [2.24, 2.45) is 12.5 Å². The number of hydrogen-bond donors (Lipinski definition) is 1. The number of carbonyl (C=O) groups is 3. The van der Waals surface area contributed by atoms with E-state index in [1.807, 2.05) is 13.8 Å². The van der Waals surface area contributed by atoms with Crippen LogP contribution < -0.4 is 10.2 Å². The van der Waals surface area contributed by atoms with E-state index in [1.165, 1.54) is 4.90 Å². The highest BCUT2D eigenvalue weighted by atomic mass is 16.6. The summed E-state index contributed by atoms with van der Waals surface area (Å²) in [7, 11) is 1.79. The average Bonchev–Trinajstić information content (AvgIpc) is 3.18. The topological polar surface area (TPSA) is 96.8 Å². The summed E-state index contributed by atoms with van der Waals surface area (Å²) in [6.07, 6.45) is 5.04. The van der Waals surface area contributed by atoms with Crippen LogP contribution in [-0.4, -0.2) is 63.4 Å². The van der Waals surface area contributed by atoms with Gasteiger partial charge in [-0.3, -0.25) is 19.2 Å². The Morgan fingerprint density at radius 2 is 1.97 bits per heavy atom. The van der Waals surface area contributed by atoms with Crippen molar-refractivity contribution in [3.05, 3.63) is 12.4 Å². The molecule has 2 atom stereocenters. The van der Waals surface area contributed by atoms with E-state index in [2.05, 4.69) is 10.4 Å². The first-order valence-corrected chi connectivity index (χ1v) is 10.5. The summed E-state index contributed by atoms with van der Waals surface area (Å²) in [5.41, 5.74) is -0.359. The third kappa shape index (κ3) is 4.60. The predicted octanol–water partition coefficient (Wildman–Crippen LogP) is 2.07. The van der Waals surface area contributed by atoms with E-state index >= 15 is 0 Å². The second-order valence-electron chi connectivity index (χ2n) is 9.88. The van der Waals surface area contributed by atoms with Gasteiger partial charge in [0.2, 0.25) is 11.8 Å². The molecule has 0 unspecified atom stereocenters. The van der Waals surface area contributed by atoms with Crippen molar-refractivity contribution in [3.8, 4) is 0 Å². The molecule has 2 aliphatic heterocycles. The molecule has 2 fully saturated rings. The summed E-state index contributed by atoms with van der Waals surface area (Å²) in [5.74, 6) is -0.467. The summed E-state index contributed by atoms with van der Waals surface area (Å²) in [4.78, 5) is 42.1. The van der Waals surface area contributed by atoms with E-state index < -0.39 is 29.2 Å². The molecular formula is C21H33N5O4. The lowest BCUT2D eigenvalue weighted by Gasteiger charge is -2.45. The summed E-state index contributed by atoms with van der Waals surface area (Å²) >= 11 is 0. The van der Waals surface area contributed by atoms with Crippen LogP contribution in [0.15, 0.2) is 12.4 Å². The normalized spacial score (nSPS) is 24.1. The SMILES string of the molecule is Cn1cc(N2CC[C@H](NC(=O)[C@@H]3N(C(=O)OC(C)(C)C)CCCC3(C)C)C2=O)cn1. The molecule has 0 aromatic carbocycles. The Kier molecular flexibility index (Phi) is 5.84. The van der Waals surface area contributed by atoms with Crippen molar-refractivity contribution >= 4 is 23.6 Å². The first kappa shape index (κ1) is 22.1. The van der Waals surface area contributed by atoms with Crippen molar-refractivity contribution in [2.75, 3.05) is 18.0 Å². The molecule has 2 saturated heterocycles. The molecule has 9 heteroatoms. The third-order valence-corrected chi connectivity index (χ3v) is 5.67. The molecule has 3 rings (SSSR count). The Balaban J connectivity index is 1.74. The first-order valence-electron chi connectivity index (χ1n) is 10.5. The number of hydrogen-bond acceptors (Lipinski definition) is 5. The molecule has 3 heterocycles. The van der Waals surface area contributed by atoms with E-state index in [0.29, 0.717) is 25.2 Å². The Morgan fingerprint density at radius 1 is 1.27 bits per heavy atom. The third-order valence-electron chi connectivity index (χ3n) is 5.67. The number of ether oxygens (including phenoxy) is 1. The number of anilines is 1. The highest BCUT2D eigenvalue weighted by Gasteiger charge is 2.47. The van der Waals surface area contributed by atoms with Crippen LogP contribution in [0.4, 0.5) is 10.5 Å². The Labute approximate surface area is 177 Å². The maximum Gasteiger partial charge on any atom is 0.410 e. The molecule has 30 heavy (non-hydrogen) atoms. The van der Waals surface area contributed by atoms with E-state index in [9.17, 15) is 14.4 Å². The van der Waals surface area contributed by atoms with Crippen LogP contribution in [0.25, 0.3) is 0 Å². The maximum atomic E-state index is 13.3. The van der Waals surface area contributed by atoms with Crippen molar-refractivity contribution in [3.63, 3.8) is 0 Å². The number of likely N-dealkylation sites (tertiary alicyclic amines) is 1. The summed E-state index contributed by atoms with van der Waals surface area (Å²) < 4.78 is 7.18. The zero-order chi connectivity index (χ0) is 22.3. The fourth-order valence-corrected chi connectivity index (χ4v) is 4.27. The first-order chi connectivity index (χ1) is 13.9. The van der Waals surface area contributed by atoms with Gasteiger partial charge in [-0.1, -0.05) is 13.8 Å². The fourth-order valence-electron chi connectivity index (χ4n) is 4.27. The number of nitrogens with one attached hydrogen (secondary N) is 1. The fraction of sp³-hybridized carbons (Fsp3) is 0.714. The van der Waals surface area contributed by atoms with Gasteiger partial charge in [0.1, 0.15) is 17.7 Å². The van der Waals surface area contributed by atoms with Crippen molar-refractivity contribution in [1.82, 2.24) is 20.0 Å². The minimum absolute atomic E-state index is 0.159. The van der Waals surface area contributed by atoms with E-state index in [4.69, 9.17) is 4.74 Å². The Morgan fingerprint density at radius 3 is 2.57 bits per heavy atom. The number of aromatic nitrogens is 2. The molecule has 0 bridgehead atoms. The Bertz CT molecular complexity index is 826. The van der Waals surface area contributed by atoms with Gasteiger partial charge in [0.15, 0.2) is 0 Å². The van der Waals surface area contributed by atoms with E-state index in [0.717, 1.165) is 12.8 Å². The Hall–Kier alpha value is -2.58.